The van der Waals surface area contributed by atoms with E-state index in [1.165, 1.54) is 11.8 Å². The van der Waals surface area contributed by atoms with Crippen LogP contribution in [-0.2, 0) is 16.1 Å². The predicted molar refractivity (Wildman–Crippen MR) is 71.1 cm³/mol. The molecule has 0 bridgehead atoms. The van der Waals surface area contributed by atoms with E-state index in [0.29, 0.717) is 19.5 Å². The van der Waals surface area contributed by atoms with Crippen molar-refractivity contribution in [2.24, 2.45) is 0 Å². The molecule has 1 unspecified atom stereocenters. The lowest BCUT2D eigenvalue weighted by molar-refractivity contribution is -0.128. The number of aromatic nitrogens is 1. The van der Waals surface area contributed by atoms with E-state index in [1.807, 2.05) is 25.1 Å². The number of amides is 1. The fourth-order valence-electron chi connectivity index (χ4n) is 2.09. The summed E-state index contributed by atoms with van der Waals surface area (Å²) in [7, 11) is 0. The van der Waals surface area contributed by atoms with Gasteiger partial charge in [-0.05, 0) is 19.1 Å². The van der Waals surface area contributed by atoms with Gasteiger partial charge in [0.2, 0.25) is 5.91 Å². The molecule has 2 heterocycles. The van der Waals surface area contributed by atoms with Gasteiger partial charge in [-0.2, -0.15) is 0 Å². The van der Waals surface area contributed by atoms with Crippen molar-refractivity contribution in [2.75, 3.05) is 6.54 Å². The van der Waals surface area contributed by atoms with E-state index in [9.17, 15) is 9.59 Å². The van der Waals surface area contributed by atoms with Crippen LogP contribution >= 0.6 is 11.8 Å². The number of aryl methyl sites for hydroxylation is 1. The average Bonchev–Trinajstić information content (AvgIpc) is 2.58. The van der Waals surface area contributed by atoms with Crippen LogP contribution in [0, 0.1) is 6.92 Å². The van der Waals surface area contributed by atoms with E-state index in [2.05, 4.69) is 4.98 Å². The lowest BCUT2D eigenvalue weighted by Gasteiger charge is -2.15. The molecule has 1 aliphatic heterocycles. The van der Waals surface area contributed by atoms with Crippen molar-refractivity contribution in [3.63, 3.8) is 0 Å². The van der Waals surface area contributed by atoms with Gasteiger partial charge in [-0.1, -0.05) is 17.8 Å². The molecule has 0 saturated carbocycles. The second-order valence-electron chi connectivity index (χ2n) is 4.48. The van der Waals surface area contributed by atoms with Gasteiger partial charge in [0, 0.05) is 30.8 Å². The van der Waals surface area contributed by atoms with Gasteiger partial charge in [-0.25, -0.2) is 0 Å². The summed E-state index contributed by atoms with van der Waals surface area (Å²) >= 11 is 1.26. The number of thioether (sulfide) groups is 1. The minimum absolute atomic E-state index is 0.0725. The van der Waals surface area contributed by atoms with Crippen molar-refractivity contribution in [2.45, 2.75) is 32.1 Å². The largest absolute Gasteiger partial charge is 0.336 e. The number of hydrogen-bond donors (Lipinski definition) is 0. The molecular formula is C13H16N2O2S. The molecule has 1 saturated heterocycles. The molecule has 1 amide bonds. The fourth-order valence-corrected chi connectivity index (χ4v) is 3.04. The van der Waals surface area contributed by atoms with Crippen LogP contribution in [0.3, 0.4) is 0 Å². The topological polar surface area (TPSA) is 50.3 Å². The number of carbonyl (C=O) groups is 2. The van der Waals surface area contributed by atoms with Crippen LogP contribution in [0.25, 0.3) is 0 Å². The van der Waals surface area contributed by atoms with Crippen LogP contribution < -0.4 is 0 Å². The van der Waals surface area contributed by atoms with E-state index in [-0.39, 0.29) is 16.3 Å². The second kappa shape index (κ2) is 5.52. The summed E-state index contributed by atoms with van der Waals surface area (Å²) in [5.74, 6) is 0.108. The van der Waals surface area contributed by atoms with E-state index in [0.717, 1.165) is 11.4 Å². The average molecular weight is 264 g/mol. The van der Waals surface area contributed by atoms with Gasteiger partial charge in [-0.3, -0.25) is 14.6 Å². The minimum Gasteiger partial charge on any atom is -0.336 e. The highest BCUT2D eigenvalue weighted by atomic mass is 32.2. The quantitative estimate of drug-likeness (QED) is 0.835. The Labute approximate surface area is 111 Å². The molecule has 0 radical (unpaired) electrons. The third-order valence-corrected chi connectivity index (χ3v) is 3.79. The molecular weight excluding hydrogens is 248 g/mol. The van der Waals surface area contributed by atoms with Crippen LogP contribution in [0.5, 0.6) is 0 Å². The Morgan fingerprint density at radius 3 is 3.00 bits per heavy atom. The summed E-state index contributed by atoms with van der Waals surface area (Å²) in [6.07, 6.45) is 0.454. The number of rotatable bonds is 3. The SMILES string of the molecule is CC(=O)SC1CC(=O)N(Cc2cccc(C)n2)C1. The third-order valence-electron chi connectivity index (χ3n) is 2.81. The summed E-state index contributed by atoms with van der Waals surface area (Å²) < 4.78 is 0. The van der Waals surface area contributed by atoms with E-state index in [4.69, 9.17) is 0 Å². The van der Waals surface area contributed by atoms with Gasteiger partial charge in [0.25, 0.3) is 0 Å². The maximum Gasteiger partial charge on any atom is 0.224 e. The summed E-state index contributed by atoms with van der Waals surface area (Å²) in [5.41, 5.74) is 1.85. The Kier molecular flexibility index (Phi) is 4.01. The molecule has 4 nitrogen and oxygen atoms in total. The molecule has 96 valence electrons. The van der Waals surface area contributed by atoms with Crippen molar-refractivity contribution in [1.82, 2.24) is 9.88 Å². The first-order valence-electron chi connectivity index (χ1n) is 5.92. The van der Waals surface area contributed by atoms with Gasteiger partial charge in [0.1, 0.15) is 0 Å². The molecule has 0 aliphatic carbocycles. The van der Waals surface area contributed by atoms with Gasteiger partial charge >= 0.3 is 0 Å². The Balaban J connectivity index is 1.98. The van der Waals surface area contributed by atoms with Gasteiger partial charge in [0.05, 0.1) is 12.2 Å². The van der Waals surface area contributed by atoms with Crippen molar-refractivity contribution in [3.8, 4) is 0 Å². The molecule has 5 heteroatoms. The van der Waals surface area contributed by atoms with Crippen molar-refractivity contribution in [3.05, 3.63) is 29.6 Å². The van der Waals surface area contributed by atoms with Gasteiger partial charge < -0.3 is 4.90 Å². The molecule has 0 spiro atoms. The van der Waals surface area contributed by atoms with E-state index < -0.39 is 0 Å². The van der Waals surface area contributed by atoms with Crippen LogP contribution in [0.4, 0.5) is 0 Å². The molecule has 1 aromatic rings. The number of carbonyl (C=O) groups excluding carboxylic acids is 2. The van der Waals surface area contributed by atoms with Crippen LogP contribution in [0.2, 0.25) is 0 Å². The molecule has 0 N–H and O–H groups in total. The number of nitrogens with zero attached hydrogens (tertiary/aromatic N) is 2. The molecule has 18 heavy (non-hydrogen) atoms. The van der Waals surface area contributed by atoms with Crippen LogP contribution in [-0.4, -0.2) is 32.7 Å². The number of likely N-dealkylation sites (tertiary alicyclic amines) is 1. The molecule has 2 rings (SSSR count). The maximum atomic E-state index is 11.8. The Morgan fingerprint density at radius 1 is 1.56 bits per heavy atom. The fraction of sp³-hybridized carbons (Fsp3) is 0.462. The summed E-state index contributed by atoms with van der Waals surface area (Å²) in [6.45, 7) is 4.65. The monoisotopic (exact) mass is 264 g/mol. The zero-order chi connectivity index (χ0) is 13.1. The first-order valence-corrected chi connectivity index (χ1v) is 6.80. The lowest BCUT2D eigenvalue weighted by Crippen LogP contribution is -2.25. The molecule has 1 fully saturated rings. The zero-order valence-corrected chi connectivity index (χ0v) is 11.4. The number of hydrogen-bond acceptors (Lipinski definition) is 4. The zero-order valence-electron chi connectivity index (χ0n) is 10.5. The Morgan fingerprint density at radius 2 is 2.33 bits per heavy atom. The van der Waals surface area contributed by atoms with Crippen molar-refractivity contribution >= 4 is 22.8 Å². The predicted octanol–water partition coefficient (Wildman–Crippen LogP) is 1.77. The summed E-state index contributed by atoms with van der Waals surface area (Å²) in [6, 6.07) is 5.80. The first-order chi connectivity index (χ1) is 8.54. The highest BCUT2D eigenvalue weighted by Gasteiger charge is 2.30. The van der Waals surface area contributed by atoms with E-state index >= 15 is 0 Å². The van der Waals surface area contributed by atoms with E-state index in [1.54, 1.807) is 11.8 Å². The Hall–Kier alpha value is -1.36. The molecule has 1 aliphatic rings. The highest BCUT2D eigenvalue weighted by molar-refractivity contribution is 8.14. The first kappa shape index (κ1) is 13.1. The van der Waals surface area contributed by atoms with Crippen molar-refractivity contribution < 1.29 is 9.59 Å². The highest BCUT2D eigenvalue weighted by Crippen LogP contribution is 2.25. The third kappa shape index (κ3) is 3.32. The molecule has 1 atom stereocenters. The van der Waals surface area contributed by atoms with Crippen LogP contribution in [0.15, 0.2) is 18.2 Å². The molecule has 1 aromatic heterocycles. The molecule has 0 aromatic carbocycles. The van der Waals surface area contributed by atoms with Crippen molar-refractivity contribution in [1.29, 1.82) is 0 Å². The standard InChI is InChI=1S/C13H16N2O2S/c1-9-4-3-5-11(14-9)7-15-8-12(6-13(15)17)18-10(2)16/h3-5,12H,6-8H2,1-2H3. The maximum absolute atomic E-state index is 11.8. The summed E-state index contributed by atoms with van der Waals surface area (Å²) in [5, 5.41) is 0.170. The Bertz CT molecular complexity index is 476. The lowest BCUT2D eigenvalue weighted by atomic mass is 10.3. The summed E-state index contributed by atoms with van der Waals surface area (Å²) in [4.78, 5) is 29.0. The second-order valence-corrected chi connectivity index (χ2v) is 5.96. The van der Waals surface area contributed by atoms with Gasteiger partial charge in [0.15, 0.2) is 5.12 Å². The minimum atomic E-state index is 0.0725. The van der Waals surface area contributed by atoms with Gasteiger partial charge in [-0.15, -0.1) is 0 Å². The van der Waals surface area contributed by atoms with Crippen LogP contribution in [0.1, 0.15) is 24.7 Å². The number of pyridine rings is 1. The smallest absolute Gasteiger partial charge is 0.224 e. The normalized spacial score (nSPS) is 19.3.